The Labute approximate surface area is 215 Å². The van der Waals surface area contributed by atoms with Crippen LogP contribution >= 0.6 is 11.6 Å². The third-order valence-corrected chi connectivity index (χ3v) is 7.04. The Kier molecular flexibility index (Phi) is 6.70. The van der Waals surface area contributed by atoms with Gasteiger partial charge in [0.2, 0.25) is 0 Å². The number of benzene rings is 3. The van der Waals surface area contributed by atoms with E-state index < -0.39 is 17.8 Å². The predicted octanol–water partition coefficient (Wildman–Crippen LogP) is 6.28. The van der Waals surface area contributed by atoms with Crippen LogP contribution in [0.3, 0.4) is 0 Å². The maximum Gasteiger partial charge on any atom is 0.256 e. The minimum absolute atomic E-state index is 0.149. The maximum atomic E-state index is 14.0. The second-order valence-corrected chi connectivity index (χ2v) is 9.33. The Morgan fingerprint density at radius 3 is 1.61 bits per heavy atom. The zero-order chi connectivity index (χ0) is 25.2. The summed E-state index contributed by atoms with van der Waals surface area (Å²) < 4.78 is 0. The van der Waals surface area contributed by atoms with Crippen LogP contribution in [0.15, 0.2) is 95.1 Å². The Morgan fingerprint density at radius 2 is 1.19 bits per heavy atom. The molecule has 2 aliphatic heterocycles. The second-order valence-electron chi connectivity index (χ2n) is 8.90. The van der Waals surface area contributed by atoms with Crippen molar-refractivity contribution in [3.8, 4) is 0 Å². The summed E-state index contributed by atoms with van der Waals surface area (Å²) in [6.07, 6.45) is 1.16. The fourth-order valence-corrected chi connectivity index (χ4v) is 5.33. The highest BCUT2D eigenvalue weighted by Crippen LogP contribution is 2.44. The lowest BCUT2D eigenvalue weighted by molar-refractivity contribution is -0.122. The van der Waals surface area contributed by atoms with Gasteiger partial charge in [-0.25, -0.2) is 10.0 Å². The third kappa shape index (κ3) is 4.22. The number of carbonyl (C=O) groups is 2. The van der Waals surface area contributed by atoms with E-state index in [1.807, 2.05) is 92.7 Å². The van der Waals surface area contributed by atoms with Crippen LogP contribution in [0, 0.1) is 11.8 Å². The fourth-order valence-electron chi connectivity index (χ4n) is 5.13. The highest BCUT2D eigenvalue weighted by atomic mass is 35.5. The molecule has 0 aromatic heterocycles. The summed E-state index contributed by atoms with van der Waals surface area (Å²) in [6, 6.07) is 26.2. The summed E-state index contributed by atoms with van der Waals surface area (Å²) in [7, 11) is 0. The highest BCUT2D eigenvalue weighted by Gasteiger charge is 2.51. The van der Waals surface area contributed by atoms with E-state index in [-0.39, 0.29) is 11.8 Å². The molecule has 182 valence electrons. The van der Waals surface area contributed by atoms with Crippen molar-refractivity contribution in [1.82, 2.24) is 0 Å². The van der Waals surface area contributed by atoms with Gasteiger partial charge in [-0.2, -0.15) is 10.2 Å². The fraction of sp³-hybridized carbons (Fsp3) is 0.241. The summed E-state index contributed by atoms with van der Waals surface area (Å²) in [5.41, 5.74) is 3.72. The first kappa shape index (κ1) is 23.9. The number of amides is 2. The summed E-state index contributed by atoms with van der Waals surface area (Å²) >= 11 is 6.41. The Hall–Kier alpha value is -3.77. The molecule has 2 heterocycles. The van der Waals surface area contributed by atoms with E-state index in [0.717, 1.165) is 17.0 Å². The summed E-state index contributed by atoms with van der Waals surface area (Å²) in [5, 5.41) is 13.0. The Bertz CT molecular complexity index is 1260. The molecule has 5 rings (SSSR count). The molecule has 36 heavy (non-hydrogen) atoms. The van der Waals surface area contributed by atoms with E-state index in [0.29, 0.717) is 29.2 Å². The third-order valence-electron chi connectivity index (χ3n) is 6.80. The van der Waals surface area contributed by atoms with Gasteiger partial charge in [-0.3, -0.25) is 9.59 Å². The first-order chi connectivity index (χ1) is 17.5. The minimum Gasteiger partial charge on any atom is -0.272 e. The number of rotatable bonds is 7. The highest BCUT2D eigenvalue weighted by molar-refractivity contribution is 6.30. The van der Waals surface area contributed by atoms with Gasteiger partial charge < -0.3 is 0 Å². The number of nitrogens with zero attached hydrogens (tertiary/aromatic N) is 4. The first-order valence-corrected chi connectivity index (χ1v) is 12.6. The van der Waals surface area contributed by atoms with Crippen molar-refractivity contribution >= 4 is 46.2 Å². The number of hydrazone groups is 2. The lowest BCUT2D eigenvalue weighted by Gasteiger charge is -2.29. The van der Waals surface area contributed by atoms with Crippen LogP contribution in [-0.4, -0.2) is 23.2 Å². The zero-order valence-corrected chi connectivity index (χ0v) is 21.0. The van der Waals surface area contributed by atoms with Gasteiger partial charge in [-0.1, -0.05) is 74.0 Å². The second kappa shape index (κ2) is 10.1. The van der Waals surface area contributed by atoms with Crippen LogP contribution in [0.2, 0.25) is 5.02 Å². The van der Waals surface area contributed by atoms with Gasteiger partial charge in [0.15, 0.2) is 0 Å². The standard InChI is InChI=1S/C29H27ClN4O2/c1-3-23-26(28(35)33(31-23)21-14-7-5-8-15-21)25(19-12-11-13-20(30)18-19)27-24(4-2)32-34(29(27)36)22-16-9-6-10-17-22/h5-18,25-27H,3-4H2,1-2H3. The summed E-state index contributed by atoms with van der Waals surface area (Å²) in [5.74, 6) is -2.03. The normalized spacial score (nSPS) is 20.5. The van der Waals surface area contributed by atoms with Crippen molar-refractivity contribution in [2.75, 3.05) is 10.0 Å². The van der Waals surface area contributed by atoms with Gasteiger partial charge in [0, 0.05) is 10.9 Å². The van der Waals surface area contributed by atoms with E-state index in [2.05, 4.69) is 0 Å². The molecular formula is C29H27ClN4O2. The van der Waals surface area contributed by atoms with Gasteiger partial charge in [0.25, 0.3) is 11.8 Å². The van der Waals surface area contributed by atoms with Gasteiger partial charge in [-0.15, -0.1) is 0 Å². The van der Waals surface area contributed by atoms with Gasteiger partial charge in [0.1, 0.15) is 0 Å². The van der Waals surface area contributed by atoms with Crippen molar-refractivity contribution in [3.05, 3.63) is 95.5 Å². The quantitative estimate of drug-likeness (QED) is 0.384. The maximum absolute atomic E-state index is 14.0. The Morgan fingerprint density at radius 1 is 0.722 bits per heavy atom. The van der Waals surface area contributed by atoms with Gasteiger partial charge in [-0.05, 0) is 54.8 Å². The molecule has 0 spiro atoms. The molecule has 2 amide bonds. The zero-order valence-electron chi connectivity index (χ0n) is 20.2. The SMILES string of the molecule is CCC1=NN(c2ccccc2)C(=O)C1C(c1cccc(Cl)c1)C1C(=O)N(c2ccccc2)N=C1CC. The molecule has 2 atom stereocenters. The topological polar surface area (TPSA) is 65.3 Å². The number of para-hydroxylation sites is 2. The Balaban J connectivity index is 1.62. The number of halogens is 1. The lowest BCUT2D eigenvalue weighted by atomic mass is 9.72. The molecule has 0 saturated carbocycles. The van der Waals surface area contributed by atoms with E-state index >= 15 is 0 Å². The van der Waals surface area contributed by atoms with E-state index in [4.69, 9.17) is 21.8 Å². The van der Waals surface area contributed by atoms with Crippen LogP contribution in [0.4, 0.5) is 11.4 Å². The van der Waals surface area contributed by atoms with Crippen LogP contribution < -0.4 is 10.0 Å². The molecule has 3 aromatic rings. The molecule has 2 unspecified atom stereocenters. The van der Waals surface area contributed by atoms with E-state index in [1.165, 1.54) is 10.0 Å². The molecule has 0 radical (unpaired) electrons. The molecular weight excluding hydrogens is 472 g/mol. The van der Waals surface area contributed by atoms with E-state index in [9.17, 15) is 9.59 Å². The molecule has 7 heteroatoms. The van der Waals surface area contributed by atoms with Gasteiger partial charge >= 0.3 is 0 Å². The predicted molar refractivity (Wildman–Crippen MR) is 144 cm³/mol. The van der Waals surface area contributed by atoms with E-state index in [1.54, 1.807) is 6.07 Å². The number of hydrogen-bond donors (Lipinski definition) is 0. The monoisotopic (exact) mass is 498 g/mol. The van der Waals surface area contributed by atoms with Crippen molar-refractivity contribution in [2.45, 2.75) is 32.6 Å². The number of anilines is 2. The molecule has 2 aliphatic rings. The first-order valence-electron chi connectivity index (χ1n) is 12.2. The average Bonchev–Trinajstić information content (AvgIpc) is 3.42. The van der Waals surface area contributed by atoms with Crippen LogP contribution in [-0.2, 0) is 9.59 Å². The molecule has 0 saturated heterocycles. The van der Waals surface area contributed by atoms with Gasteiger partial charge in [0.05, 0.1) is 34.6 Å². The summed E-state index contributed by atoms with van der Waals surface area (Å²) in [4.78, 5) is 28.0. The lowest BCUT2D eigenvalue weighted by Crippen LogP contribution is -2.40. The van der Waals surface area contributed by atoms with Crippen LogP contribution in [0.1, 0.15) is 38.2 Å². The molecule has 0 aliphatic carbocycles. The molecule has 3 aromatic carbocycles. The molecule has 6 nitrogen and oxygen atoms in total. The van der Waals surface area contributed by atoms with Crippen molar-refractivity contribution in [1.29, 1.82) is 0 Å². The molecule has 0 bridgehead atoms. The summed E-state index contributed by atoms with van der Waals surface area (Å²) in [6.45, 7) is 3.98. The van der Waals surface area contributed by atoms with Crippen molar-refractivity contribution in [2.24, 2.45) is 22.0 Å². The number of carbonyl (C=O) groups excluding carboxylic acids is 2. The largest absolute Gasteiger partial charge is 0.272 e. The number of hydrogen-bond acceptors (Lipinski definition) is 4. The smallest absolute Gasteiger partial charge is 0.256 e. The molecule has 0 fully saturated rings. The van der Waals surface area contributed by atoms with Crippen LogP contribution in [0.5, 0.6) is 0 Å². The molecule has 0 N–H and O–H groups in total. The van der Waals surface area contributed by atoms with Crippen molar-refractivity contribution < 1.29 is 9.59 Å². The minimum atomic E-state index is -0.616. The van der Waals surface area contributed by atoms with Crippen molar-refractivity contribution in [3.63, 3.8) is 0 Å². The van der Waals surface area contributed by atoms with Crippen LogP contribution in [0.25, 0.3) is 0 Å². The average molecular weight is 499 g/mol.